The van der Waals surface area contributed by atoms with Crippen LogP contribution in [0.1, 0.15) is 42.9 Å². The van der Waals surface area contributed by atoms with E-state index in [-0.39, 0.29) is 13.0 Å². The first-order chi connectivity index (χ1) is 16.5. The van der Waals surface area contributed by atoms with E-state index in [0.717, 1.165) is 46.1 Å². The highest BCUT2D eigenvalue weighted by Gasteiger charge is 2.29. The van der Waals surface area contributed by atoms with Crippen molar-refractivity contribution >= 4 is 22.9 Å². The molecule has 0 radical (unpaired) electrons. The second kappa shape index (κ2) is 10.8. The molecule has 3 N–H and O–H groups in total. The van der Waals surface area contributed by atoms with Crippen LogP contribution in [0.3, 0.4) is 0 Å². The lowest BCUT2D eigenvalue weighted by Crippen LogP contribution is -2.19. The van der Waals surface area contributed by atoms with Crippen LogP contribution >= 0.6 is 0 Å². The van der Waals surface area contributed by atoms with Crippen molar-refractivity contribution in [2.45, 2.75) is 43.8 Å². The summed E-state index contributed by atoms with van der Waals surface area (Å²) in [6.07, 6.45) is 2.88. The number of aliphatic carboxylic acids is 1. The summed E-state index contributed by atoms with van der Waals surface area (Å²) in [5, 5.41) is 30.1. The number of fused-ring (bicyclic) bond motifs is 1. The van der Waals surface area contributed by atoms with Crippen LogP contribution in [-0.2, 0) is 4.79 Å². The van der Waals surface area contributed by atoms with Crippen LogP contribution < -0.4 is 4.74 Å². The van der Waals surface area contributed by atoms with E-state index in [1.807, 2.05) is 54.6 Å². The Kier molecular flexibility index (Phi) is 7.55. The van der Waals surface area contributed by atoms with Crippen molar-refractivity contribution in [3.05, 3.63) is 65.9 Å². The van der Waals surface area contributed by atoms with Crippen molar-refractivity contribution in [3.8, 4) is 16.9 Å². The molecular formula is C27H28FNO5. The standard InChI is InChI=1S/C27H28FNO5/c28-13-14-34-21-10-7-17(8-11-21)26-22-3-1-2-4-24(22)29-27(18-5-6-18)23(26)12-9-19(30)15-20(31)16-25(32)33/h1-4,7-12,18-20,30-31H,5-6,13-16H2,(H,32,33)/b12-9+/t19-,20-/m1/s1. The van der Waals surface area contributed by atoms with Crippen molar-refractivity contribution in [3.63, 3.8) is 0 Å². The molecule has 0 saturated heterocycles. The Hall–Kier alpha value is -3.29. The van der Waals surface area contributed by atoms with Crippen LogP contribution in [0, 0.1) is 0 Å². The van der Waals surface area contributed by atoms with Crippen LogP contribution in [0.15, 0.2) is 54.6 Å². The molecule has 6 nitrogen and oxygen atoms in total. The monoisotopic (exact) mass is 465 g/mol. The second-order valence-electron chi connectivity index (χ2n) is 8.55. The summed E-state index contributed by atoms with van der Waals surface area (Å²) in [5.74, 6) is -0.188. The summed E-state index contributed by atoms with van der Waals surface area (Å²) in [6.45, 7) is -0.553. The molecule has 4 rings (SSSR count). The van der Waals surface area contributed by atoms with Gasteiger partial charge in [0, 0.05) is 28.9 Å². The smallest absolute Gasteiger partial charge is 0.305 e. The number of hydrogen-bond donors (Lipinski definition) is 3. The highest BCUT2D eigenvalue weighted by atomic mass is 19.1. The molecule has 0 amide bonds. The predicted molar refractivity (Wildman–Crippen MR) is 129 cm³/mol. The van der Waals surface area contributed by atoms with E-state index in [1.54, 1.807) is 6.08 Å². The number of nitrogens with zero attached hydrogens (tertiary/aromatic N) is 1. The fraction of sp³-hybridized carbons (Fsp3) is 0.333. The SMILES string of the molecule is O=C(O)C[C@H](O)C[C@H](O)/C=C/c1c(C2CC2)nc2ccccc2c1-c1ccc(OCCF)cc1. The Labute approximate surface area is 197 Å². The lowest BCUT2D eigenvalue weighted by Gasteiger charge is -2.17. The number of ether oxygens (including phenoxy) is 1. The lowest BCUT2D eigenvalue weighted by molar-refractivity contribution is -0.139. The third-order valence-corrected chi connectivity index (χ3v) is 5.82. The molecule has 34 heavy (non-hydrogen) atoms. The van der Waals surface area contributed by atoms with Gasteiger partial charge < -0.3 is 20.1 Å². The van der Waals surface area contributed by atoms with Gasteiger partial charge in [0.25, 0.3) is 0 Å². The Morgan fingerprint density at radius 1 is 1.15 bits per heavy atom. The van der Waals surface area contributed by atoms with Crippen LogP contribution in [0.2, 0.25) is 0 Å². The van der Waals surface area contributed by atoms with Gasteiger partial charge in [-0.05, 0) is 36.6 Å². The highest BCUT2D eigenvalue weighted by molar-refractivity contribution is 5.99. The van der Waals surface area contributed by atoms with E-state index < -0.39 is 31.3 Å². The van der Waals surface area contributed by atoms with Crippen LogP contribution in [0.25, 0.3) is 28.1 Å². The van der Waals surface area contributed by atoms with Crippen molar-refractivity contribution in [2.24, 2.45) is 0 Å². The summed E-state index contributed by atoms with van der Waals surface area (Å²) in [4.78, 5) is 15.7. The highest BCUT2D eigenvalue weighted by Crippen LogP contribution is 2.45. The van der Waals surface area contributed by atoms with E-state index in [1.165, 1.54) is 0 Å². The normalized spacial score (nSPS) is 15.5. The van der Waals surface area contributed by atoms with Crippen LogP contribution in [0.5, 0.6) is 5.75 Å². The molecule has 3 aromatic rings. The van der Waals surface area contributed by atoms with Gasteiger partial charge in [0.2, 0.25) is 0 Å². The second-order valence-corrected chi connectivity index (χ2v) is 8.55. The zero-order valence-electron chi connectivity index (χ0n) is 18.7. The van der Waals surface area contributed by atoms with Crippen molar-refractivity contribution in [1.82, 2.24) is 4.98 Å². The van der Waals surface area contributed by atoms with Crippen LogP contribution in [0.4, 0.5) is 4.39 Å². The number of hydrogen-bond acceptors (Lipinski definition) is 5. The summed E-state index contributed by atoms with van der Waals surface area (Å²) in [7, 11) is 0. The summed E-state index contributed by atoms with van der Waals surface area (Å²) in [6, 6.07) is 15.4. The molecule has 0 aliphatic heterocycles. The minimum Gasteiger partial charge on any atom is -0.491 e. The van der Waals surface area contributed by atoms with Crippen molar-refractivity contribution in [2.75, 3.05) is 13.3 Å². The van der Waals surface area contributed by atoms with Gasteiger partial charge in [-0.2, -0.15) is 0 Å². The maximum atomic E-state index is 12.5. The zero-order valence-corrected chi connectivity index (χ0v) is 18.7. The third-order valence-electron chi connectivity index (χ3n) is 5.82. The van der Waals surface area contributed by atoms with Crippen molar-refractivity contribution in [1.29, 1.82) is 0 Å². The minimum absolute atomic E-state index is 0.00294. The maximum absolute atomic E-state index is 12.5. The molecule has 2 aromatic carbocycles. The number of aliphatic hydroxyl groups excluding tert-OH is 2. The largest absolute Gasteiger partial charge is 0.491 e. The van der Waals surface area contributed by atoms with Gasteiger partial charge in [0.1, 0.15) is 19.0 Å². The number of aromatic nitrogens is 1. The zero-order chi connectivity index (χ0) is 24.1. The number of pyridine rings is 1. The van der Waals surface area contributed by atoms with E-state index >= 15 is 0 Å². The fourth-order valence-corrected chi connectivity index (χ4v) is 4.12. The molecule has 178 valence electrons. The molecule has 0 spiro atoms. The lowest BCUT2D eigenvalue weighted by atomic mass is 9.92. The number of aliphatic hydroxyl groups is 2. The van der Waals surface area contributed by atoms with E-state index in [0.29, 0.717) is 11.7 Å². The molecule has 1 heterocycles. The Morgan fingerprint density at radius 3 is 2.56 bits per heavy atom. The first-order valence-electron chi connectivity index (χ1n) is 11.4. The number of halogens is 1. The molecule has 0 bridgehead atoms. The number of carboxylic acid groups (broad SMARTS) is 1. The summed E-state index contributed by atoms with van der Waals surface area (Å²) in [5.41, 5.74) is 4.64. The number of benzene rings is 2. The molecule has 1 aromatic heterocycles. The molecule has 2 atom stereocenters. The van der Waals surface area contributed by atoms with E-state index in [4.69, 9.17) is 14.8 Å². The number of carbonyl (C=O) groups is 1. The van der Waals surface area contributed by atoms with Gasteiger partial charge in [-0.15, -0.1) is 0 Å². The first-order valence-corrected chi connectivity index (χ1v) is 11.4. The summed E-state index contributed by atoms with van der Waals surface area (Å²) < 4.78 is 17.8. The van der Waals surface area contributed by atoms with Gasteiger partial charge in [0.05, 0.1) is 29.8 Å². The van der Waals surface area contributed by atoms with Crippen LogP contribution in [-0.4, -0.2) is 51.8 Å². The Morgan fingerprint density at radius 2 is 1.88 bits per heavy atom. The Balaban J connectivity index is 1.75. The minimum atomic E-state index is -1.13. The predicted octanol–water partition coefficient (Wildman–Crippen LogP) is 4.73. The molecule has 1 saturated carbocycles. The number of rotatable bonds is 11. The molecular weight excluding hydrogens is 437 g/mol. The molecule has 0 unspecified atom stereocenters. The van der Waals surface area contributed by atoms with Gasteiger partial charge >= 0.3 is 5.97 Å². The van der Waals surface area contributed by atoms with Gasteiger partial charge in [-0.3, -0.25) is 9.78 Å². The van der Waals surface area contributed by atoms with Gasteiger partial charge in [-0.25, -0.2) is 4.39 Å². The number of alkyl halides is 1. The number of carboxylic acids is 1. The van der Waals surface area contributed by atoms with Crippen molar-refractivity contribution < 1.29 is 29.2 Å². The van der Waals surface area contributed by atoms with E-state index in [2.05, 4.69) is 0 Å². The van der Waals surface area contributed by atoms with Gasteiger partial charge in [-0.1, -0.05) is 42.5 Å². The molecule has 7 heteroatoms. The first kappa shape index (κ1) is 23.9. The quantitative estimate of drug-likeness (QED) is 0.379. The fourth-order valence-electron chi connectivity index (χ4n) is 4.12. The average molecular weight is 466 g/mol. The number of para-hydroxylation sites is 1. The maximum Gasteiger partial charge on any atom is 0.305 e. The molecule has 1 aliphatic rings. The molecule has 1 aliphatic carbocycles. The Bertz CT molecular complexity index is 1170. The third kappa shape index (κ3) is 5.79. The topological polar surface area (TPSA) is 99.9 Å². The average Bonchev–Trinajstić information content (AvgIpc) is 3.66. The van der Waals surface area contributed by atoms with Gasteiger partial charge in [0.15, 0.2) is 0 Å². The molecule has 1 fully saturated rings. The summed E-state index contributed by atoms with van der Waals surface area (Å²) >= 11 is 0. The van der Waals surface area contributed by atoms with E-state index in [9.17, 15) is 19.4 Å².